The molecule has 1 aliphatic carbocycles. The van der Waals surface area contributed by atoms with E-state index in [1.165, 1.54) is 42.8 Å². The minimum absolute atomic E-state index is 0.0391. The Morgan fingerprint density at radius 1 is 1.09 bits per heavy atom. The van der Waals surface area contributed by atoms with E-state index in [1.54, 1.807) is 12.1 Å². The number of aromatic amines is 1. The number of sulfonamides is 1. The number of aryl methyl sites for hydroxylation is 1. The highest BCUT2D eigenvalue weighted by molar-refractivity contribution is 7.92. The molecule has 0 unspecified atom stereocenters. The van der Waals surface area contributed by atoms with Gasteiger partial charge in [0.25, 0.3) is 15.9 Å². The summed E-state index contributed by atoms with van der Waals surface area (Å²) in [5.74, 6) is -0.470. The maximum absolute atomic E-state index is 13.0. The Morgan fingerprint density at radius 3 is 2.59 bits per heavy atom. The van der Waals surface area contributed by atoms with Gasteiger partial charge < -0.3 is 10.3 Å². The van der Waals surface area contributed by atoms with Crippen molar-refractivity contribution in [3.05, 3.63) is 81.7 Å². The monoisotopic (exact) mass is 479 g/mol. The van der Waals surface area contributed by atoms with Crippen molar-refractivity contribution in [1.29, 1.82) is 0 Å². The number of anilines is 1. The van der Waals surface area contributed by atoms with E-state index in [0.29, 0.717) is 17.7 Å². The number of carbonyl (C=O) groups is 1. The molecule has 1 aliphatic rings. The Kier molecular flexibility index (Phi) is 7.17. The fourth-order valence-corrected chi connectivity index (χ4v) is 5.20. The summed E-state index contributed by atoms with van der Waals surface area (Å²) in [6.07, 6.45) is 9.75. The van der Waals surface area contributed by atoms with Gasteiger partial charge in [-0.2, -0.15) is 0 Å². The lowest BCUT2D eigenvalue weighted by atomic mass is 9.97. The number of hydrogen-bond acceptors (Lipinski definition) is 4. The summed E-state index contributed by atoms with van der Waals surface area (Å²) in [5, 5.41) is 2.95. The Bertz CT molecular complexity index is 1390. The number of carbonyl (C=O) groups excluding carboxylic acids is 1. The predicted molar refractivity (Wildman–Crippen MR) is 135 cm³/mol. The van der Waals surface area contributed by atoms with Crippen molar-refractivity contribution in [3.8, 4) is 0 Å². The molecule has 3 aromatic rings. The molecular weight excluding hydrogens is 450 g/mol. The average molecular weight is 480 g/mol. The second-order valence-corrected chi connectivity index (χ2v) is 10.2. The molecule has 2 aromatic carbocycles. The molecule has 7 nitrogen and oxygen atoms in total. The van der Waals surface area contributed by atoms with Gasteiger partial charge in [-0.25, -0.2) is 8.42 Å². The van der Waals surface area contributed by atoms with Gasteiger partial charge in [0.15, 0.2) is 0 Å². The van der Waals surface area contributed by atoms with Crippen LogP contribution in [0, 0.1) is 0 Å². The molecule has 0 saturated heterocycles. The lowest BCUT2D eigenvalue weighted by Gasteiger charge is -2.13. The van der Waals surface area contributed by atoms with Gasteiger partial charge in [-0.05, 0) is 74.4 Å². The van der Waals surface area contributed by atoms with Gasteiger partial charge in [0.05, 0.1) is 4.90 Å². The van der Waals surface area contributed by atoms with E-state index in [1.807, 2.05) is 19.1 Å². The van der Waals surface area contributed by atoms with E-state index < -0.39 is 21.4 Å². The van der Waals surface area contributed by atoms with Gasteiger partial charge in [0, 0.05) is 29.3 Å². The zero-order valence-corrected chi connectivity index (χ0v) is 20.0. The minimum Gasteiger partial charge on any atom is -0.360 e. The number of hydrogen-bond donors (Lipinski definition) is 3. The van der Waals surface area contributed by atoms with Crippen LogP contribution in [0.2, 0.25) is 0 Å². The van der Waals surface area contributed by atoms with E-state index >= 15 is 0 Å². The normalized spacial score (nSPS) is 14.0. The minimum atomic E-state index is -3.91. The van der Waals surface area contributed by atoms with Gasteiger partial charge in [-0.15, -0.1) is 0 Å². The molecular formula is C26H29N3O4S. The van der Waals surface area contributed by atoms with E-state index in [9.17, 15) is 18.0 Å². The van der Waals surface area contributed by atoms with Gasteiger partial charge in [0.1, 0.15) is 5.56 Å². The van der Waals surface area contributed by atoms with Crippen molar-refractivity contribution in [2.45, 2.75) is 50.3 Å². The van der Waals surface area contributed by atoms with Crippen LogP contribution in [0.5, 0.6) is 0 Å². The quantitative estimate of drug-likeness (QED) is 0.413. The molecule has 8 heteroatoms. The number of rotatable bonds is 8. The second-order valence-electron chi connectivity index (χ2n) is 8.51. The number of nitrogens with one attached hydrogen (secondary N) is 3. The summed E-state index contributed by atoms with van der Waals surface area (Å²) in [5.41, 5.74) is 2.79. The van der Waals surface area contributed by atoms with Crippen molar-refractivity contribution in [1.82, 2.24) is 10.3 Å². The molecule has 0 fully saturated rings. The maximum atomic E-state index is 13.0. The first kappa shape index (κ1) is 23.8. The SMILES string of the molecule is CCc1ccc(NS(=O)(=O)c2ccc3[nH]cc(C(=O)NCCC4=CCCCC4)c(=O)c3c2)cc1. The first-order valence-electron chi connectivity index (χ1n) is 11.6. The Morgan fingerprint density at radius 2 is 1.88 bits per heavy atom. The predicted octanol–water partition coefficient (Wildman–Crippen LogP) is 4.51. The highest BCUT2D eigenvalue weighted by atomic mass is 32.2. The number of allylic oxidation sites excluding steroid dienone is 1. The fourth-order valence-electron chi connectivity index (χ4n) is 4.12. The molecule has 0 bridgehead atoms. The van der Waals surface area contributed by atoms with Crippen molar-refractivity contribution in [2.75, 3.05) is 11.3 Å². The summed E-state index contributed by atoms with van der Waals surface area (Å²) in [4.78, 5) is 28.6. The maximum Gasteiger partial charge on any atom is 0.261 e. The van der Waals surface area contributed by atoms with Gasteiger partial charge in [0.2, 0.25) is 5.43 Å². The molecule has 1 amide bonds. The molecule has 0 saturated carbocycles. The van der Waals surface area contributed by atoms with Crippen LogP contribution in [0.25, 0.3) is 10.9 Å². The molecule has 34 heavy (non-hydrogen) atoms. The number of fused-ring (bicyclic) bond motifs is 1. The topological polar surface area (TPSA) is 108 Å². The Hall–Kier alpha value is -3.39. The largest absolute Gasteiger partial charge is 0.360 e. The van der Waals surface area contributed by atoms with E-state index in [2.05, 4.69) is 21.1 Å². The molecule has 0 radical (unpaired) electrons. The standard InChI is InChI=1S/C26H29N3O4S/c1-2-18-8-10-20(11-9-18)29-34(32,33)21-12-13-24-22(16-21)25(30)23(17-28-24)26(31)27-15-14-19-6-4-3-5-7-19/h6,8-13,16-17,29H,2-5,7,14-15H2,1H3,(H,27,31)(H,28,30). The van der Waals surface area contributed by atoms with Gasteiger partial charge in [-0.1, -0.05) is 30.7 Å². The summed E-state index contributed by atoms with van der Waals surface area (Å²) >= 11 is 0. The van der Waals surface area contributed by atoms with Crippen molar-refractivity contribution < 1.29 is 13.2 Å². The van der Waals surface area contributed by atoms with E-state index in [0.717, 1.165) is 31.2 Å². The van der Waals surface area contributed by atoms with Crippen LogP contribution >= 0.6 is 0 Å². The molecule has 4 rings (SSSR count). The Labute approximate surface area is 199 Å². The van der Waals surface area contributed by atoms with Gasteiger partial charge in [-0.3, -0.25) is 14.3 Å². The average Bonchev–Trinajstić information content (AvgIpc) is 2.85. The third kappa shape index (κ3) is 5.39. The van der Waals surface area contributed by atoms with Crippen molar-refractivity contribution >= 4 is 32.5 Å². The summed E-state index contributed by atoms with van der Waals surface area (Å²) in [6, 6.07) is 11.4. The van der Waals surface area contributed by atoms with Crippen molar-refractivity contribution in [2.24, 2.45) is 0 Å². The van der Waals surface area contributed by atoms with Crippen LogP contribution in [-0.4, -0.2) is 25.9 Å². The molecule has 0 aliphatic heterocycles. The smallest absolute Gasteiger partial charge is 0.261 e. The molecule has 3 N–H and O–H groups in total. The zero-order valence-electron chi connectivity index (χ0n) is 19.2. The fraction of sp³-hybridized carbons (Fsp3) is 0.308. The first-order valence-corrected chi connectivity index (χ1v) is 13.1. The zero-order chi connectivity index (χ0) is 24.1. The second kappa shape index (κ2) is 10.3. The van der Waals surface area contributed by atoms with Crippen LogP contribution in [0.1, 0.15) is 54.9 Å². The third-order valence-corrected chi connectivity index (χ3v) is 7.52. The number of pyridine rings is 1. The Balaban J connectivity index is 1.54. The molecule has 1 heterocycles. The molecule has 0 spiro atoms. The summed E-state index contributed by atoms with van der Waals surface area (Å²) in [7, 11) is -3.91. The third-order valence-electron chi connectivity index (χ3n) is 6.14. The van der Waals surface area contributed by atoms with E-state index in [4.69, 9.17) is 0 Å². The molecule has 178 valence electrons. The molecule has 0 atom stereocenters. The van der Waals surface area contributed by atoms with E-state index in [-0.39, 0.29) is 15.8 Å². The summed E-state index contributed by atoms with van der Waals surface area (Å²) in [6.45, 7) is 2.48. The highest BCUT2D eigenvalue weighted by Gasteiger charge is 2.18. The van der Waals surface area contributed by atoms with Crippen LogP contribution in [0.15, 0.2) is 70.0 Å². The van der Waals surface area contributed by atoms with Crippen molar-refractivity contribution in [3.63, 3.8) is 0 Å². The first-order chi connectivity index (χ1) is 16.4. The number of H-pyrrole nitrogens is 1. The van der Waals surface area contributed by atoms with Gasteiger partial charge >= 0.3 is 0 Å². The van der Waals surface area contributed by atoms with Crippen LogP contribution in [0.3, 0.4) is 0 Å². The highest BCUT2D eigenvalue weighted by Crippen LogP contribution is 2.21. The summed E-state index contributed by atoms with van der Waals surface area (Å²) < 4.78 is 28.4. The van der Waals surface area contributed by atoms with Crippen LogP contribution < -0.4 is 15.5 Å². The lowest BCUT2D eigenvalue weighted by Crippen LogP contribution is -2.30. The molecule has 1 aromatic heterocycles. The lowest BCUT2D eigenvalue weighted by molar-refractivity contribution is 0.0953. The number of aromatic nitrogens is 1. The number of benzene rings is 2. The van der Waals surface area contributed by atoms with Crippen LogP contribution in [0.4, 0.5) is 5.69 Å². The number of amides is 1. The van der Waals surface area contributed by atoms with Crippen LogP contribution in [-0.2, 0) is 16.4 Å².